The number of benzene rings is 2. The van der Waals surface area contributed by atoms with Gasteiger partial charge in [0.15, 0.2) is 5.16 Å². The van der Waals surface area contributed by atoms with E-state index in [9.17, 15) is 9.59 Å². The van der Waals surface area contributed by atoms with Crippen molar-refractivity contribution in [1.82, 2.24) is 14.9 Å². The fraction of sp³-hybridized carbons (Fsp3) is 0.240. The average Bonchev–Trinajstić information content (AvgIpc) is 3.39. The number of fused-ring (bicyclic) bond motifs is 2. The van der Waals surface area contributed by atoms with E-state index < -0.39 is 0 Å². The summed E-state index contributed by atoms with van der Waals surface area (Å²) in [7, 11) is 0. The van der Waals surface area contributed by atoms with Crippen LogP contribution in [-0.4, -0.2) is 21.2 Å². The zero-order valence-corrected chi connectivity index (χ0v) is 19.6. The van der Waals surface area contributed by atoms with Crippen LogP contribution in [0.3, 0.4) is 0 Å². The summed E-state index contributed by atoms with van der Waals surface area (Å²) in [6, 6.07) is 16.2. The Labute approximate surface area is 194 Å². The summed E-state index contributed by atoms with van der Waals surface area (Å²) in [6.45, 7) is 4.02. The van der Waals surface area contributed by atoms with Gasteiger partial charge >= 0.3 is 0 Å². The highest BCUT2D eigenvalue weighted by Crippen LogP contribution is 2.31. The standard InChI is InChI=1S/C25H23N3O2S2/c1-15-11-16(2)13-18(12-15)28-24(30)23-21(9-10-31-23)27-25(28)32-14-22(29)26-20-8-7-17-5-3-4-6-19(17)20/h3-6,9-13,20H,7-8,14H2,1-2H3,(H,26,29). The minimum absolute atomic E-state index is 0.0493. The molecule has 1 N–H and O–H groups in total. The molecule has 2 aromatic carbocycles. The minimum atomic E-state index is -0.0948. The predicted octanol–water partition coefficient (Wildman–Crippen LogP) is 4.96. The maximum absolute atomic E-state index is 13.3. The number of rotatable bonds is 5. The van der Waals surface area contributed by atoms with Crippen molar-refractivity contribution in [3.8, 4) is 5.69 Å². The van der Waals surface area contributed by atoms with Crippen LogP contribution in [0.1, 0.15) is 34.7 Å². The normalized spacial score (nSPS) is 15.1. The van der Waals surface area contributed by atoms with Crippen LogP contribution in [0.2, 0.25) is 0 Å². The van der Waals surface area contributed by atoms with Crippen LogP contribution < -0.4 is 10.9 Å². The number of amides is 1. The Morgan fingerprint density at radius 3 is 2.78 bits per heavy atom. The summed E-state index contributed by atoms with van der Waals surface area (Å²) in [4.78, 5) is 30.8. The molecule has 162 valence electrons. The number of carbonyl (C=O) groups excluding carboxylic acids is 1. The Morgan fingerprint density at radius 2 is 1.97 bits per heavy atom. The quantitative estimate of drug-likeness (QED) is 0.337. The van der Waals surface area contributed by atoms with E-state index in [1.54, 1.807) is 4.57 Å². The lowest BCUT2D eigenvalue weighted by atomic mass is 10.1. The average molecular weight is 462 g/mol. The molecule has 0 spiro atoms. The largest absolute Gasteiger partial charge is 0.349 e. The van der Waals surface area contributed by atoms with Crippen LogP contribution in [0.15, 0.2) is 63.9 Å². The van der Waals surface area contributed by atoms with Crippen LogP contribution in [0.25, 0.3) is 15.9 Å². The summed E-state index contributed by atoms with van der Waals surface area (Å²) in [5.41, 5.74) is 6.02. The first kappa shape index (κ1) is 21.0. The molecule has 1 unspecified atom stereocenters. The topological polar surface area (TPSA) is 64.0 Å². The molecule has 1 amide bonds. The number of carbonyl (C=O) groups is 1. The molecule has 0 saturated heterocycles. The predicted molar refractivity (Wildman–Crippen MR) is 131 cm³/mol. The Morgan fingerprint density at radius 1 is 1.19 bits per heavy atom. The summed E-state index contributed by atoms with van der Waals surface area (Å²) >= 11 is 2.70. The number of hydrogen-bond donors (Lipinski definition) is 1. The number of hydrogen-bond acceptors (Lipinski definition) is 5. The third-order valence-electron chi connectivity index (χ3n) is 5.71. The third kappa shape index (κ3) is 3.98. The van der Waals surface area contributed by atoms with Crippen molar-refractivity contribution in [2.45, 2.75) is 37.9 Å². The molecule has 0 radical (unpaired) electrons. The second kappa shape index (κ2) is 8.56. The van der Waals surface area contributed by atoms with Crippen LogP contribution in [0.4, 0.5) is 0 Å². The zero-order valence-electron chi connectivity index (χ0n) is 17.9. The molecule has 32 heavy (non-hydrogen) atoms. The van der Waals surface area contributed by atoms with Crippen molar-refractivity contribution in [3.05, 3.63) is 86.5 Å². The monoisotopic (exact) mass is 461 g/mol. The number of aryl methyl sites for hydroxylation is 3. The first-order valence-corrected chi connectivity index (χ1v) is 12.4. The van der Waals surface area contributed by atoms with E-state index in [4.69, 9.17) is 4.98 Å². The van der Waals surface area contributed by atoms with E-state index in [2.05, 4.69) is 23.5 Å². The van der Waals surface area contributed by atoms with Gasteiger partial charge in [0.25, 0.3) is 5.56 Å². The maximum atomic E-state index is 13.3. The molecule has 2 aromatic heterocycles. The summed E-state index contributed by atoms with van der Waals surface area (Å²) < 4.78 is 2.27. The Balaban J connectivity index is 1.43. The lowest BCUT2D eigenvalue weighted by Gasteiger charge is -2.15. The minimum Gasteiger partial charge on any atom is -0.349 e. The summed E-state index contributed by atoms with van der Waals surface area (Å²) in [6.07, 6.45) is 1.90. The Hall–Kier alpha value is -2.90. The molecule has 0 aliphatic heterocycles. The molecule has 0 saturated carbocycles. The Bertz CT molecular complexity index is 1370. The highest BCUT2D eigenvalue weighted by Gasteiger charge is 2.24. The van der Waals surface area contributed by atoms with Crippen LogP contribution in [-0.2, 0) is 11.2 Å². The number of aromatic nitrogens is 2. The number of nitrogens with one attached hydrogen (secondary N) is 1. The molecule has 0 bridgehead atoms. The lowest BCUT2D eigenvalue weighted by Crippen LogP contribution is -2.29. The third-order valence-corrected chi connectivity index (χ3v) is 7.54. The highest BCUT2D eigenvalue weighted by atomic mass is 32.2. The van der Waals surface area contributed by atoms with Gasteiger partial charge in [-0.3, -0.25) is 14.2 Å². The van der Waals surface area contributed by atoms with Crippen LogP contribution in [0, 0.1) is 13.8 Å². The van der Waals surface area contributed by atoms with Crippen molar-refractivity contribution in [3.63, 3.8) is 0 Å². The maximum Gasteiger partial charge on any atom is 0.276 e. The van der Waals surface area contributed by atoms with Crippen LogP contribution >= 0.6 is 23.1 Å². The summed E-state index contributed by atoms with van der Waals surface area (Å²) in [5.74, 6) is 0.147. The number of nitrogens with zero attached hydrogens (tertiary/aromatic N) is 2. The van der Waals surface area contributed by atoms with Crippen molar-refractivity contribution >= 4 is 39.2 Å². The molecule has 4 aromatic rings. The molecular weight excluding hydrogens is 438 g/mol. The van der Waals surface area contributed by atoms with E-state index in [-0.39, 0.29) is 23.3 Å². The molecule has 1 atom stereocenters. The second-order valence-corrected chi connectivity index (χ2v) is 10.0. The smallest absolute Gasteiger partial charge is 0.276 e. The first-order chi connectivity index (χ1) is 15.5. The Kier molecular flexibility index (Phi) is 5.61. The fourth-order valence-corrected chi connectivity index (χ4v) is 5.95. The van der Waals surface area contributed by atoms with Crippen molar-refractivity contribution in [1.29, 1.82) is 0 Å². The van der Waals surface area contributed by atoms with Gasteiger partial charge in [0, 0.05) is 0 Å². The van der Waals surface area contributed by atoms with E-state index >= 15 is 0 Å². The second-order valence-electron chi connectivity index (χ2n) is 8.16. The van der Waals surface area contributed by atoms with Crippen LogP contribution in [0.5, 0.6) is 0 Å². The zero-order chi connectivity index (χ0) is 22.2. The molecule has 0 fully saturated rings. The molecule has 1 aliphatic carbocycles. The van der Waals surface area contributed by atoms with E-state index in [0.29, 0.717) is 15.4 Å². The van der Waals surface area contributed by atoms with E-state index in [1.807, 2.05) is 49.6 Å². The molecule has 5 nitrogen and oxygen atoms in total. The molecule has 7 heteroatoms. The van der Waals surface area contributed by atoms with Gasteiger partial charge in [-0.2, -0.15) is 0 Å². The number of thiophene rings is 1. The number of thioether (sulfide) groups is 1. The van der Waals surface area contributed by atoms with Gasteiger partial charge in [-0.25, -0.2) is 4.98 Å². The fourth-order valence-electron chi connectivity index (χ4n) is 4.37. The lowest BCUT2D eigenvalue weighted by molar-refractivity contribution is -0.119. The van der Waals surface area contributed by atoms with Gasteiger partial charge in [0.1, 0.15) is 4.70 Å². The van der Waals surface area contributed by atoms with Crippen molar-refractivity contribution in [2.75, 3.05) is 5.75 Å². The van der Waals surface area contributed by atoms with Gasteiger partial charge in [-0.05, 0) is 72.5 Å². The van der Waals surface area contributed by atoms with Gasteiger partial charge < -0.3 is 5.32 Å². The first-order valence-electron chi connectivity index (χ1n) is 10.6. The van der Waals surface area contributed by atoms with Crippen molar-refractivity contribution < 1.29 is 4.79 Å². The molecule has 1 aliphatic rings. The molecule has 2 heterocycles. The van der Waals surface area contributed by atoms with Gasteiger partial charge in [0.2, 0.25) is 5.91 Å². The van der Waals surface area contributed by atoms with E-state index in [1.165, 1.54) is 34.2 Å². The SMILES string of the molecule is Cc1cc(C)cc(-n2c(SCC(=O)NC3CCc4ccccc43)nc3ccsc3c2=O)c1. The van der Waals surface area contributed by atoms with E-state index in [0.717, 1.165) is 29.7 Å². The van der Waals surface area contributed by atoms with Gasteiger partial charge in [-0.1, -0.05) is 42.1 Å². The van der Waals surface area contributed by atoms with Gasteiger partial charge in [0.05, 0.1) is 23.0 Å². The highest BCUT2D eigenvalue weighted by molar-refractivity contribution is 7.99. The molecular formula is C25H23N3O2S2. The van der Waals surface area contributed by atoms with Crippen molar-refractivity contribution in [2.24, 2.45) is 0 Å². The summed E-state index contributed by atoms with van der Waals surface area (Å²) in [5, 5.41) is 5.57. The molecule has 5 rings (SSSR count). The van der Waals surface area contributed by atoms with Gasteiger partial charge in [-0.15, -0.1) is 11.3 Å².